The van der Waals surface area contributed by atoms with E-state index in [-0.39, 0.29) is 6.42 Å². The first-order valence-corrected chi connectivity index (χ1v) is 6.09. The van der Waals surface area contributed by atoms with Gasteiger partial charge < -0.3 is 0 Å². The number of imide groups is 2. The second kappa shape index (κ2) is 5.24. The summed E-state index contributed by atoms with van der Waals surface area (Å²) in [5.41, 5.74) is 0.723. The first-order valence-electron chi connectivity index (χ1n) is 6.09. The van der Waals surface area contributed by atoms with Crippen molar-refractivity contribution in [1.82, 2.24) is 9.80 Å². The van der Waals surface area contributed by atoms with Crippen molar-refractivity contribution in [3.8, 4) is 0 Å². The highest BCUT2D eigenvalue weighted by atomic mass is 16.2. The lowest BCUT2D eigenvalue weighted by atomic mass is 9.94. The quantitative estimate of drug-likeness (QED) is 0.751. The van der Waals surface area contributed by atoms with Crippen molar-refractivity contribution in [3.05, 3.63) is 35.9 Å². The zero-order valence-electron chi connectivity index (χ0n) is 11.2. The third-order valence-corrected chi connectivity index (χ3v) is 3.27. The maximum atomic E-state index is 12.2. The largest absolute Gasteiger partial charge is 0.332 e. The average molecular weight is 274 g/mol. The van der Waals surface area contributed by atoms with Crippen LogP contribution in [0, 0.1) is 5.92 Å². The molecule has 0 saturated carbocycles. The van der Waals surface area contributed by atoms with Crippen LogP contribution in [0.5, 0.6) is 0 Å². The molecule has 1 fully saturated rings. The predicted molar refractivity (Wildman–Crippen MR) is 69.6 cm³/mol. The van der Waals surface area contributed by atoms with Gasteiger partial charge in [0.05, 0.1) is 0 Å². The molecular weight excluding hydrogens is 260 g/mol. The van der Waals surface area contributed by atoms with E-state index < -0.39 is 29.5 Å². The minimum Gasteiger partial charge on any atom is -0.298 e. The number of carbonyl (C=O) groups is 4. The summed E-state index contributed by atoms with van der Waals surface area (Å²) in [6, 6.07) is 8.13. The van der Waals surface area contributed by atoms with Crippen LogP contribution in [0.2, 0.25) is 0 Å². The number of hydrogen-bond donors (Lipinski definition) is 0. The van der Waals surface area contributed by atoms with E-state index in [4.69, 9.17) is 0 Å². The van der Waals surface area contributed by atoms with Crippen LogP contribution in [0.3, 0.4) is 0 Å². The van der Waals surface area contributed by atoms with Crippen LogP contribution in [-0.4, -0.2) is 47.5 Å². The molecule has 1 saturated heterocycles. The van der Waals surface area contributed by atoms with E-state index in [1.165, 1.54) is 14.1 Å². The second-order valence-electron chi connectivity index (χ2n) is 4.64. The molecule has 2 rings (SSSR count). The highest BCUT2D eigenvalue weighted by molar-refractivity contribution is 6.26. The van der Waals surface area contributed by atoms with E-state index in [1.54, 1.807) is 24.3 Å². The number of benzene rings is 1. The highest BCUT2D eigenvalue weighted by Gasteiger charge is 2.46. The summed E-state index contributed by atoms with van der Waals surface area (Å²) in [6.07, 6.45) is -0.0150. The number of urea groups is 1. The van der Waals surface area contributed by atoms with Gasteiger partial charge in [0.25, 0.3) is 11.8 Å². The summed E-state index contributed by atoms with van der Waals surface area (Å²) in [5, 5.41) is 0. The van der Waals surface area contributed by atoms with Gasteiger partial charge in [0.15, 0.2) is 11.7 Å². The van der Waals surface area contributed by atoms with Crippen LogP contribution >= 0.6 is 0 Å². The fraction of sp³-hybridized carbons (Fsp3) is 0.286. The van der Waals surface area contributed by atoms with Gasteiger partial charge in [0, 0.05) is 20.5 Å². The molecule has 20 heavy (non-hydrogen) atoms. The van der Waals surface area contributed by atoms with E-state index >= 15 is 0 Å². The first kappa shape index (κ1) is 13.9. The van der Waals surface area contributed by atoms with Crippen LogP contribution in [0.15, 0.2) is 30.3 Å². The molecule has 4 amide bonds. The van der Waals surface area contributed by atoms with Crippen LogP contribution in [0.25, 0.3) is 0 Å². The van der Waals surface area contributed by atoms with Crippen molar-refractivity contribution in [1.29, 1.82) is 0 Å². The number of hydrogen-bond acceptors (Lipinski definition) is 4. The van der Waals surface area contributed by atoms with Crippen molar-refractivity contribution in [2.45, 2.75) is 6.42 Å². The van der Waals surface area contributed by atoms with Gasteiger partial charge in [-0.15, -0.1) is 0 Å². The molecule has 1 heterocycles. The lowest BCUT2D eigenvalue weighted by Gasteiger charge is -2.32. The fourth-order valence-electron chi connectivity index (χ4n) is 2.08. The Hall–Kier alpha value is -2.50. The number of rotatable bonds is 3. The molecule has 0 radical (unpaired) electrons. The Morgan fingerprint density at radius 3 is 2.00 bits per heavy atom. The van der Waals surface area contributed by atoms with Gasteiger partial charge in [-0.3, -0.25) is 24.2 Å². The number of amides is 4. The molecule has 0 spiro atoms. The van der Waals surface area contributed by atoms with E-state index in [2.05, 4.69) is 0 Å². The molecule has 0 N–H and O–H groups in total. The maximum absolute atomic E-state index is 12.2. The molecule has 0 aromatic heterocycles. The molecular formula is C14H14N2O4. The van der Waals surface area contributed by atoms with Crippen molar-refractivity contribution in [2.24, 2.45) is 5.92 Å². The van der Waals surface area contributed by atoms with Crippen LogP contribution < -0.4 is 0 Å². The van der Waals surface area contributed by atoms with Gasteiger partial charge in [-0.25, -0.2) is 4.79 Å². The number of nitrogens with zero attached hydrogens (tertiary/aromatic N) is 2. The molecule has 104 valence electrons. The third kappa shape index (κ3) is 2.32. The van der Waals surface area contributed by atoms with E-state index in [9.17, 15) is 19.2 Å². The van der Waals surface area contributed by atoms with Crippen molar-refractivity contribution < 1.29 is 19.2 Å². The number of Topliss-reactive ketones (excluding diaryl/α,β-unsaturated/α-hetero) is 1. The van der Waals surface area contributed by atoms with Crippen molar-refractivity contribution >= 4 is 23.6 Å². The Morgan fingerprint density at radius 1 is 1.00 bits per heavy atom. The molecule has 6 nitrogen and oxygen atoms in total. The predicted octanol–water partition coefficient (Wildman–Crippen LogP) is 0.465. The molecule has 1 aromatic carbocycles. The zero-order valence-corrected chi connectivity index (χ0v) is 11.2. The SMILES string of the molecule is CN1C(=O)C(C(=O)Cc2ccccc2)C(=O)N(C)C1=O. The summed E-state index contributed by atoms with van der Waals surface area (Å²) in [5.74, 6) is -3.46. The Morgan fingerprint density at radius 2 is 1.50 bits per heavy atom. The highest BCUT2D eigenvalue weighted by Crippen LogP contribution is 2.18. The van der Waals surface area contributed by atoms with Gasteiger partial charge in [-0.1, -0.05) is 30.3 Å². The minimum atomic E-state index is -1.43. The van der Waals surface area contributed by atoms with Crippen LogP contribution in [0.1, 0.15) is 5.56 Å². The molecule has 1 aromatic rings. The van der Waals surface area contributed by atoms with Crippen molar-refractivity contribution in [2.75, 3.05) is 14.1 Å². The van der Waals surface area contributed by atoms with Gasteiger partial charge in [-0.05, 0) is 5.56 Å². The van der Waals surface area contributed by atoms with E-state index in [0.29, 0.717) is 0 Å². The Kier molecular flexibility index (Phi) is 3.65. The molecule has 0 aliphatic carbocycles. The van der Waals surface area contributed by atoms with Crippen molar-refractivity contribution in [3.63, 3.8) is 0 Å². The first-order chi connectivity index (χ1) is 9.43. The average Bonchev–Trinajstić information content (AvgIpc) is 2.44. The minimum absolute atomic E-state index is 0.0150. The standard InChI is InChI=1S/C14H14N2O4/c1-15-12(18)11(13(19)16(2)14(15)20)10(17)8-9-6-4-3-5-7-9/h3-7,11H,8H2,1-2H3. The van der Waals surface area contributed by atoms with Gasteiger partial charge in [-0.2, -0.15) is 0 Å². The fourth-order valence-corrected chi connectivity index (χ4v) is 2.08. The number of barbiturate groups is 1. The summed E-state index contributed by atoms with van der Waals surface area (Å²) < 4.78 is 0. The lowest BCUT2D eigenvalue weighted by Crippen LogP contribution is -2.59. The molecule has 0 bridgehead atoms. The zero-order chi connectivity index (χ0) is 14.9. The normalized spacial score (nSPS) is 16.8. The molecule has 0 unspecified atom stereocenters. The summed E-state index contributed by atoms with van der Waals surface area (Å²) in [7, 11) is 2.52. The Bertz CT molecular complexity index is 558. The number of carbonyl (C=O) groups excluding carboxylic acids is 4. The van der Waals surface area contributed by atoms with Gasteiger partial charge in [0.1, 0.15) is 0 Å². The van der Waals surface area contributed by atoms with Gasteiger partial charge >= 0.3 is 6.03 Å². The van der Waals surface area contributed by atoms with Crippen LogP contribution in [-0.2, 0) is 20.8 Å². The Balaban J connectivity index is 2.22. The summed E-state index contributed by atoms with van der Waals surface area (Å²) >= 11 is 0. The second-order valence-corrected chi connectivity index (χ2v) is 4.64. The van der Waals surface area contributed by atoms with Crippen LogP contribution in [0.4, 0.5) is 4.79 Å². The third-order valence-electron chi connectivity index (χ3n) is 3.27. The topological polar surface area (TPSA) is 74.8 Å². The molecule has 0 atom stereocenters. The Labute approximate surface area is 116 Å². The monoisotopic (exact) mass is 274 g/mol. The molecule has 1 aliphatic heterocycles. The molecule has 6 heteroatoms. The van der Waals surface area contributed by atoms with E-state index in [1.807, 2.05) is 6.07 Å². The lowest BCUT2D eigenvalue weighted by molar-refractivity contribution is -0.151. The van der Waals surface area contributed by atoms with E-state index in [0.717, 1.165) is 15.4 Å². The number of ketones is 1. The summed E-state index contributed by atoms with van der Waals surface area (Å²) in [6.45, 7) is 0. The smallest absolute Gasteiger partial charge is 0.298 e. The maximum Gasteiger partial charge on any atom is 0.332 e. The van der Waals surface area contributed by atoms with Gasteiger partial charge in [0.2, 0.25) is 0 Å². The summed E-state index contributed by atoms with van der Waals surface area (Å²) in [4.78, 5) is 49.3. The molecule has 1 aliphatic rings.